The molecular weight excluding hydrogens is 400 g/mol. The number of nitrogen functional groups attached to an aromatic ring is 1. The number of carbonyl (C=O) groups is 1. The summed E-state index contributed by atoms with van der Waals surface area (Å²) in [5, 5.41) is 3.91. The molecule has 0 fully saturated rings. The zero-order valence-corrected chi connectivity index (χ0v) is 18.1. The van der Waals surface area contributed by atoms with E-state index in [9.17, 15) is 4.79 Å². The minimum Gasteiger partial charge on any atom is -0.382 e. The number of hydrogen-bond acceptors (Lipinski definition) is 7. The Hall–Kier alpha value is -2.36. The van der Waals surface area contributed by atoms with Crippen molar-refractivity contribution < 1.29 is 9.53 Å². The predicted octanol–water partition coefficient (Wildman–Crippen LogP) is 2.10. The third-order valence-corrected chi connectivity index (χ3v) is 5.64. The number of carbonyl (C=O) groups excluding carboxylic acids is 1. The first kappa shape index (κ1) is 22.3. The van der Waals surface area contributed by atoms with Crippen LogP contribution in [0.4, 0.5) is 5.82 Å². The molecule has 3 rings (SSSR count). The second-order valence-corrected chi connectivity index (χ2v) is 8.00. The summed E-state index contributed by atoms with van der Waals surface area (Å²) in [4.78, 5) is 21.3. The molecule has 0 spiro atoms. The Balaban J connectivity index is 1.80. The summed E-state index contributed by atoms with van der Waals surface area (Å²) in [6.07, 6.45) is 0.724. The van der Waals surface area contributed by atoms with Crippen molar-refractivity contribution in [3.63, 3.8) is 0 Å². The largest absolute Gasteiger partial charge is 0.382 e. The van der Waals surface area contributed by atoms with Gasteiger partial charge in [0.15, 0.2) is 5.82 Å². The van der Waals surface area contributed by atoms with Crippen molar-refractivity contribution in [2.45, 2.75) is 32.5 Å². The van der Waals surface area contributed by atoms with Gasteiger partial charge in [0.1, 0.15) is 17.9 Å². The molecule has 161 valence electrons. The van der Waals surface area contributed by atoms with Gasteiger partial charge in [-0.15, -0.1) is 0 Å². The van der Waals surface area contributed by atoms with Crippen molar-refractivity contribution in [1.82, 2.24) is 19.9 Å². The molecule has 5 N–H and O–H groups in total. The smallest absolute Gasteiger partial charge is 0.237 e. The first-order valence-corrected chi connectivity index (χ1v) is 11.2. The van der Waals surface area contributed by atoms with Gasteiger partial charge >= 0.3 is 0 Å². The maximum atomic E-state index is 12.1. The van der Waals surface area contributed by atoms with Crippen LogP contribution in [0.3, 0.4) is 0 Å². The molecule has 1 aromatic carbocycles. The van der Waals surface area contributed by atoms with Crippen molar-refractivity contribution >= 4 is 45.4 Å². The number of nitrogens with zero attached hydrogens (tertiary/aromatic N) is 3. The molecule has 2 heterocycles. The number of aromatic nitrogens is 3. The van der Waals surface area contributed by atoms with E-state index in [1.54, 1.807) is 11.8 Å². The molecule has 8 nitrogen and oxygen atoms in total. The van der Waals surface area contributed by atoms with Gasteiger partial charge in [-0.1, -0.05) is 18.2 Å². The van der Waals surface area contributed by atoms with Crippen LogP contribution in [0, 0.1) is 6.92 Å². The normalized spacial score (nSPS) is 12.5. The summed E-state index contributed by atoms with van der Waals surface area (Å²) >= 11 is 1.55. The van der Waals surface area contributed by atoms with Gasteiger partial charge in [0.05, 0.1) is 17.1 Å². The number of benzene rings is 1. The summed E-state index contributed by atoms with van der Waals surface area (Å²) in [5.74, 6) is 2.33. The third-order valence-electron chi connectivity index (χ3n) is 4.76. The molecule has 2 aromatic heterocycles. The van der Waals surface area contributed by atoms with Gasteiger partial charge in [0.2, 0.25) is 5.91 Å². The predicted molar refractivity (Wildman–Crippen MR) is 123 cm³/mol. The second-order valence-electron chi connectivity index (χ2n) is 6.85. The Bertz CT molecular complexity index is 1010. The number of imidazole rings is 1. The van der Waals surface area contributed by atoms with Crippen molar-refractivity contribution in [3.05, 3.63) is 37.0 Å². The fourth-order valence-corrected chi connectivity index (χ4v) is 3.89. The van der Waals surface area contributed by atoms with Crippen LogP contribution in [0.15, 0.2) is 24.3 Å². The van der Waals surface area contributed by atoms with Crippen molar-refractivity contribution in [1.29, 1.82) is 0 Å². The number of ether oxygens (including phenoxy) is 1. The highest BCUT2D eigenvalue weighted by atomic mass is 32.2. The average molecular weight is 430 g/mol. The molecule has 1 amide bonds. The molecule has 0 bridgehead atoms. The number of pyridine rings is 1. The SMILES string of the molecule is [CH2]CSCC(N)C(=O)NCCCn1c(COCC)nc2c(N)nc3ccccc3c21. The number of aryl methyl sites for hydroxylation is 1. The molecular formula is C21H29N6O2S. The van der Waals surface area contributed by atoms with E-state index in [1.807, 2.05) is 31.2 Å². The highest BCUT2D eigenvalue weighted by Gasteiger charge is 2.17. The average Bonchev–Trinajstić information content (AvgIpc) is 3.12. The van der Waals surface area contributed by atoms with Crippen LogP contribution in [-0.4, -0.2) is 51.1 Å². The fourth-order valence-electron chi connectivity index (χ4n) is 3.32. The standard InChI is InChI=1S/C21H29N6O2S/c1-3-29-12-17-26-18-19(14-8-5-6-9-16(14)25-20(18)23)27(17)11-7-10-24-21(28)15(22)13-30-4-2/h5-6,8-9,15H,2-4,7,10-13,22H2,1H3,(H2,23,25)(H,24,28). The van der Waals surface area contributed by atoms with Gasteiger partial charge in [-0.25, -0.2) is 9.97 Å². The van der Waals surface area contributed by atoms with E-state index >= 15 is 0 Å². The lowest BCUT2D eigenvalue weighted by Gasteiger charge is -2.13. The monoisotopic (exact) mass is 429 g/mol. The van der Waals surface area contributed by atoms with Crippen LogP contribution in [0.25, 0.3) is 21.9 Å². The van der Waals surface area contributed by atoms with E-state index in [1.165, 1.54) is 0 Å². The molecule has 0 saturated carbocycles. The number of thioether (sulfide) groups is 1. The van der Waals surface area contributed by atoms with Gasteiger partial charge in [0.25, 0.3) is 0 Å². The maximum Gasteiger partial charge on any atom is 0.237 e. The van der Waals surface area contributed by atoms with Gasteiger partial charge in [-0.3, -0.25) is 4.79 Å². The van der Waals surface area contributed by atoms with Gasteiger partial charge < -0.3 is 26.1 Å². The Morgan fingerprint density at radius 3 is 2.93 bits per heavy atom. The number of amides is 1. The molecule has 9 heteroatoms. The number of nitrogens with one attached hydrogen (secondary N) is 1. The van der Waals surface area contributed by atoms with E-state index in [-0.39, 0.29) is 5.91 Å². The quantitative estimate of drug-likeness (QED) is 0.399. The molecule has 0 aliphatic carbocycles. The Morgan fingerprint density at radius 2 is 2.17 bits per heavy atom. The number of nitrogens with two attached hydrogens (primary N) is 2. The first-order valence-electron chi connectivity index (χ1n) is 10.1. The van der Waals surface area contributed by atoms with E-state index in [2.05, 4.69) is 21.8 Å². The van der Waals surface area contributed by atoms with E-state index in [4.69, 9.17) is 21.2 Å². The van der Waals surface area contributed by atoms with Crippen molar-refractivity contribution in [2.75, 3.05) is 30.4 Å². The molecule has 0 saturated heterocycles. The van der Waals surface area contributed by atoms with Crippen LogP contribution in [0.2, 0.25) is 0 Å². The molecule has 1 unspecified atom stereocenters. The zero-order chi connectivity index (χ0) is 21.5. The van der Waals surface area contributed by atoms with Gasteiger partial charge in [-0.2, -0.15) is 11.8 Å². The van der Waals surface area contributed by atoms with Gasteiger partial charge in [0, 0.05) is 30.8 Å². The Labute approximate surface area is 180 Å². The summed E-state index contributed by atoms with van der Waals surface area (Å²) in [6.45, 7) is 7.86. The van der Waals surface area contributed by atoms with Crippen LogP contribution >= 0.6 is 11.8 Å². The lowest BCUT2D eigenvalue weighted by atomic mass is 10.2. The topological polar surface area (TPSA) is 121 Å². The Kier molecular flexibility index (Phi) is 7.89. The minimum absolute atomic E-state index is 0.139. The number of anilines is 1. The van der Waals surface area contributed by atoms with Crippen LogP contribution in [0.1, 0.15) is 19.2 Å². The van der Waals surface area contributed by atoms with E-state index in [0.717, 1.165) is 28.7 Å². The Morgan fingerprint density at radius 1 is 1.37 bits per heavy atom. The number of rotatable bonds is 11. The second kappa shape index (κ2) is 10.6. The molecule has 1 radical (unpaired) electrons. The zero-order valence-electron chi connectivity index (χ0n) is 17.3. The molecule has 0 aliphatic rings. The summed E-state index contributed by atoms with van der Waals surface area (Å²) in [5.41, 5.74) is 14.5. The molecule has 1 atom stereocenters. The number of fused-ring (bicyclic) bond motifs is 3. The summed E-state index contributed by atoms with van der Waals surface area (Å²) < 4.78 is 7.74. The minimum atomic E-state index is -0.519. The summed E-state index contributed by atoms with van der Waals surface area (Å²) in [6, 6.07) is 7.36. The van der Waals surface area contributed by atoms with Crippen LogP contribution in [-0.2, 0) is 22.7 Å². The lowest BCUT2D eigenvalue weighted by Crippen LogP contribution is -2.42. The highest BCUT2D eigenvalue weighted by Crippen LogP contribution is 2.29. The van der Waals surface area contributed by atoms with Gasteiger partial charge in [-0.05, 0) is 32.1 Å². The fraction of sp³-hybridized carbons (Fsp3) is 0.429. The van der Waals surface area contributed by atoms with Crippen molar-refractivity contribution in [2.24, 2.45) is 5.73 Å². The van der Waals surface area contributed by atoms with E-state index in [0.29, 0.717) is 49.1 Å². The van der Waals surface area contributed by atoms with Crippen LogP contribution < -0.4 is 16.8 Å². The molecule has 3 aromatic rings. The number of hydrogen-bond donors (Lipinski definition) is 3. The van der Waals surface area contributed by atoms with Crippen LogP contribution in [0.5, 0.6) is 0 Å². The lowest BCUT2D eigenvalue weighted by molar-refractivity contribution is -0.121. The first-order chi connectivity index (χ1) is 14.6. The molecule has 0 aliphatic heterocycles. The summed E-state index contributed by atoms with van der Waals surface area (Å²) in [7, 11) is 0. The third kappa shape index (κ3) is 5.03. The number of para-hydroxylation sites is 1. The highest BCUT2D eigenvalue weighted by molar-refractivity contribution is 7.99. The maximum absolute atomic E-state index is 12.1. The van der Waals surface area contributed by atoms with Crippen molar-refractivity contribution in [3.8, 4) is 0 Å². The van der Waals surface area contributed by atoms with E-state index < -0.39 is 6.04 Å². The molecule has 30 heavy (non-hydrogen) atoms.